The van der Waals surface area contributed by atoms with Crippen molar-refractivity contribution in [3.8, 4) is 0 Å². The lowest BCUT2D eigenvalue weighted by atomic mass is 9.87. The SMILES string of the molecule is CCCCCCC(O)(CC)CCCCCC.[AlH3]. The molecule has 0 heterocycles. The average molecular weight is 258 g/mol. The Kier molecular flexibility index (Phi) is 15.1. The topological polar surface area (TPSA) is 20.2 Å². The molecule has 0 aromatic rings. The predicted octanol–water partition coefficient (Wildman–Crippen LogP) is 3.88. The zero-order chi connectivity index (χ0) is 12.3. The lowest BCUT2D eigenvalue weighted by Gasteiger charge is -2.27. The van der Waals surface area contributed by atoms with Crippen molar-refractivity contribution in [2.24, 2.45) is 0 Å². The zero-order valence-corrected chi connectivity index (χ0v) is 11.7. The van der Waals surface area contributed by atoms with Gasteiger partial charge in [-0.25, -0.2) is 0 Å². The third kappa shape index (κ3) is 11.3. The Bertz CT molecular complexity index is 136. The largest absolute Gasteiger partial charge is 0.390 e. The van der Waals surface area contributed by atoms with Gasteiger partial charge in [-0.1, -0.05) is 72.1 Å². The smallest absolute Gasteiger partial charge is 0.187 e. The number of hydrogen-bond donors (Lipinski definition) is 1. The summed E-state index contributed by atoms with van der Waals surface area (Å²) in [5.41, 5.74) is -0.360. The second-order valence-electron chi connectivity index (χ2n) is 5.20. The summed E-state index contributed by atoms with van der Waals surface area (Å²) >= 11 is 0. The summed E-state index contributed by atoms with van der Waals surface area (Å²) in [6.45, 7) is 6.59. The van der Waals surface area contributed by atoms with Gasteiger partial charge in [0, 0.05) is 0 Å². The molecule has 1 nitrogen and oxygen atoms in total. The highest BCUT2D eigenvalue weighted by Gasteiger charge is 2.22. The summed E-state index contributed by atoms with van der Waals surface area (Å²) in [6.07, 6.45) is 13.1. The van der Waals surface area contributed by atoms with Crippen molar-refractivity contribution in [3.05, 3.63) is 0 Å². The number of aliphatic hydroxyl groups is 1. The highest BCUT2D eigenvalue weighted by molar-refractivity contribution is 5.75. The molecule has 0 unspecified atom stereocenters. The molecule has 104 valence electrons. The summed E-state index contributed by atoms with van der Waals surface area (Å²) in [5, 5.41) is 10.4. The van der Waals surface area contributed by atoms with Gasteiger partial charge in [-0.2, -0.15) is 0 Å². The van der Waals surface area contributed by atoms with E-state index < -0.39 is 0 Å². The van der Waals surface area contributed by atoms with Gasteiger partial charge < -0.3 is 5.11 Å². The van der Waals surface area contributed by atoms with E-state index in [4.69, 9.17) is 0 Å². The van der Waals surface area contributed by atoms with Gasteiger partial charge >= 0.3 is 0 Å². The minimum atomic E-state index is -0.360. The molecular weight excluding hydrogens is 223 g/mol. The van der Waals surface area contributed by atoms with Crippen LogP contribution >= 0.6 is 0 Å². The van der Waals surface area contributed by atoms with Crippen LogP contribution in [-0.4, -0.2) is 28.1 Å². The van der Waals surface area contributed by atoms with E-state index in [0.717, 1.165) is 19.3 Å². The van der Waals surface area contributed by atoms with Gasteiger partial charge in [-0.3, -0.25) is 0 Å². The van der Waals surface area contributed by atoms with Crippen molar-refractivity contribution < 1.29 is 5.11 Å². The maximum atomic E-state index is 10.4. The minimum absolute atomic E-state index is 0. The van der Waals surface area contributed by atoms with Crippen molar-refractivity contribution in [1.29, 1.82) is 0 Å². The summed E-state index contributed by atoms with van der Waals surface area (Å²) in [4.78, 5) is 0. The van der Waals surface area contributed by atoms with Gasteiger partial charge in [-0.15, -0.1) is 0 Å². The van der Waals surface area contributed by atoms with E-state index in [1.165, 1.54) is 51.4 Å². The van der Waals surface area contributed by atoms with Crippen LogP contribution in [0.2, 0.25) is 0 Å². The Hall–Kier alpha value is 0.492. The fourth-order valence-corrected chi connectivity index (χ4v) is 2.24. The first kappa shape index (κ1) is 19.8. The second-order valence-corrected chi connectivity index (χ2v) is 5.20. The molecule has 0 aromatic carbocycles. The summed E-state index contributed by atoms with van der Waals surface area (Å²) in [7, 11) is 0. The molecule has 0 aliphatic rings. The third-order valence-corrected chi connectivity index (χ3v) is 3.65. The highest BCUT2D eigenvalue weighted by Crippen LogP contribution is 2.25. The standard InChI is InChI=1S/C15H32O.Al.3H/c1-4-7-9-11-13-15(16,6-3)14-12-10-8-5-2;;;;/h16H,4-14H2,1-3H3;;;;. The van der Waals surface area contributed by atoms with Crippen LogP contribution in [0, 0.1) is 0 Å². The molecule has 0 amide bonds. The fraction of sp³-hybridized carbons (Fsp3) is 1.00. The molecule has 0 aliphatic heterocycles. The first-order valence-electron chi connectivity index (χ1n) is 7.41. The molecule has 17 heavy (non-hydrogen) atoms. The molecule has 1 N–H and O–H groups in total. The van der Waals surface area contributed by atoms with Gasteiger partial charge in [-0.05, 0) is 19.3 Å². The quantitative estimate of drug-likeness (QED) is 0.440. The van der Waals surface area contributed by atoms with Crippen LogP contribution in [0.15, 0.2) is 0 Å². The Morgan fingerprint density at radius 3 is 1.41 bits per heavy atom. The maximum Gasteiger partial charge on any atom is 0.187 e. The molecule has 0 radical (unpaired) electrons. The molecule has 0 rings (SSSR count). The maximum absolute atomic E-state index is 10.4. The van der Waals surface area contributed by atoms with E-state index in [9.17, 15) is 5.11 Å². The number of hydrogen-bond acceptors (Lipinski definition) is 1. The van der Waals surface area contributed by atoms with E-state index in [2.05, 4.69) is 20.8 Å². The van der Waals surface area contributed by atoms with Crippen LogP contribution in [0.3, 0.4) is 0 Å². The Morgan fingerprint density at radius 2 is 1.12 bits per heavy atom. The van der Waals surface area contributed by atoms with Crippen LogP contribution < -0.4 is 0 Å². The van der Waals surface area contributed by atoms with Crippen LogP contribution in [-0.2, 0) is 0 Å². The molecule has 0 atom stereocenters. The molecule has 0 fully saturated rings. The number of unbranched alkanes of at least 4 members (excludes halogenated alkanes) is 6. The summed E-state index contributed by atoms with van der Waals surface area (Å²) in [5.74, 6) is 0. The Balaban J connectivity index is 0. The highest BCUT2D eigenvalue weighted by atomic mass is 27.0. The summed E-state index contributed by atoms with van der Waals surface area (Å²) in [6, 6.07) is 0. The molecule has 0 aliphatic carbocycles. The monoisotopic (exact) mass is 258 g/mol. The van der Waals surface area contributed by atoms with Gasteiger partial charge in [0.15, 0.2) is 17.4 Å². The Morgan fingerprint density at radius 1 is 0.706 bits per heavy atom. The van der Waals surface area contributed by atoms with E-state index in [-0.39, 0.29) is 23.0 Å². The van der Waals surface area contributed by atoms with Gasteiger partial charge in [0.2, 0.25) is 0 Å². The van der Waals surface area contributed by atoms with Gasteiger partial charge in [0.25, 0.3) is 0 Å². The van der Waals surface area contributed by atoms with Crippen LogP contribution in [0.25, 0.3) is 0 Å². The van der Waals surface area contributed by atoms with E-state index in [1.807, 2.05) is 0 Å². The minimum Gasteiger partial charge on any atom is -0.390 e. The Labute approximate surface area is 120 Å². The second kappa shape index (κ2) is 12.9. The van der Waals surface area contributed by atoms with Crippen molar-refractivity contribution in [2.75, 3.05) is 0 Å². The lowest BCUT2D eigenvalue weighted by Crippen LogP contribution is -2.27. The normalized spacial score (nSPS) is 11.3. The first-order chi connectivity index (χ1) is 7.68. The van der Waals surface area contributed by atoms with E-state index >= 15 is 0 Å². The average Bonchev–Trinajstić information content (AvgIpc) is 2.31. The fourth-order valence-electron chi connectivity index (χ4n) is 2.24. The van der Waals surface area contributed by atoms with Crippen LogP contribution in [0.5, 0.6) is 0 Å². The predicted molar refractivity (Wildman–Crippen MR) is 82.7 cm³/mol. The molecule has 0 bridgehead atoms. The van der Waals surface area contributed by atoms with Crippen LogP contribution in [0.1, 0.15) is 91.4 Å². The third-order valence-electron chi connectivity index (χ3n) is 3.65. The first-order valence-corrected chi connectivity index (χ1v) is 7.41. The van der Waals surface area contributed by atoms with E-state index in [0.29, 0.717) is 0 Å². The molecule has 0 spiro atoms. The van der Waals surface area contributed by atoms with Crippen molar-refractivity contribution in [3.63, 3.8) is 0 Å². The molecular formula is C15H35AlO. The van der Waals surface area contributed by atoms with Crippen molar-refractivity contribution in [1.82, 2.24) is 0 Å². The molecule has 0 aromatic heterocycles. The van der Waals surface area contributed by atoms with Crippen molar-refractivity contribution >= 4 is 17.4 Å². The lowest BCUT2D eigenvalue weighted by molar-refractivity contribution is 0.0140. The molecule has 2 heteroatoms. The van der Waals surface area contributed by atoms with Gasteiger partial charge in [0.1, 0.15) is 0 Å². The van der Waals surface area contributed by atoms with E-state index in [1.54, 1.807) is 0 Å². The number of rotatable bonds is 11. The van der Waals surface area contributed by atoms with Crippen molar-refractivity contribution in [2.45, 2.75) is 97.0 Å². The van der Waals surface area contributed by atoms with Crippen LogP contribution in [0.4, 0.5) is 0 Å². The van der Waals surface area contributed by atoms with Gasteiger partial charge in [0.05, 0.1) is 5.60 Å². The molecule has 0 saturated carbocycles. The zero-order valence-electron chi connectivity index (χ0n) is 11.7. The molecule has 0 saturated heterocycles. The summed E-state index contributed by atoms with van der Waals surface area (Å²) < 4.78 is 0.